The van der Waals surface area contributed by atoms with Crippen LogP contribution in [0.1, 0.15) is 57.7 Å². The summed E-state index contributed by atoms with van der Waals surface area (Å²) in [7, 11) is 1.81. The van der Waals surface area contributed by atoms with Gasteiger partial charge in [0, 0.05) is 18.8 Å². The largest absolute Gasteiger partial charge is 0.354 e. The summed E-state index contributed by atoms with van der Waals surface area (Å²) in [5.74, 6) is 2.59. The molecule has 3 rings (SSSR count). The molecule has 0 saturated heterocycles. The zero-order chi connectivity index (χ0) is 18.9. The number of para-hydroxylation sites is 1. The fourth-order valence-corrected chi connectivity index (χ4v) is 3.81. The van der Waals surface area contributed by atoms with Crippen LogP contribution in [0, 0.1) is 5.92 Å². The lowest BCUT2D eigenvalue weighted by Gasteiger charge is -2.24. The summed E-state index contributed by atoms with van der Waals surface area (Å²) in [5.41, 5.74) is 1.06. The Hall–Kier alpha value is -1.64. The van der Waals surface area contributed by atoms with E-state index in [1.807, 2.05) is 41.9 Å². The van der Waals surface area contributed by atoms with Crippen molar-refractivity contribution < 1.29 is 0 Å². The van der Waals surface area contributed by atoms with Crippen LogP contribution in [0.5, 0.6) is 0 Å². The van der Waals surface area contributed by atoms with Gasteiger partial charge < -0.3 is 10.6 Å². The van der Waals surface area contributed by atoms with Crippen molar-refractivity contribution in [3.8, 4) is 5.69 Å². The van der Waals surface area contributed by atoms with Gasteiger partial charge in [0.2, 0.25) is 0 Å². The molecule has 2 aromatic rings. The maximum absolute atomic E-state index is 4.36. The topological polar surface area (TPSA) is 67.1 Å². The van der Waals surface area contributed by atoms with Gasteiger partial charge in [0.15, 0.2) is 11.8 Å². The predicted molar refractivity (Wildman–Crippen MR) is 125 cm³/mol. The first kappa shape index (κ1) is 22.6. The molecule has 1 aliphatic rings. The molecule has 1 aromatic carbocycles. The van der Waals surface area contributed by atoms with Gasteiger partial charge in [-0.3, -0.25) is 9.56 Å². The number of hydrogen-bond donors (Lipinski definition) is 2. The minimum Gasteiger partial charge on any atom is -0.354 e. The normalized spacial score (nSPS) is 16.3. The highest BCUT2D eigenvalue weighted by Crippen LogP contribution is 2.27. The Morgan fingerprint density at radius 1 is 1.21 bits per heavy atom. The van der Waals surface area contributed by atoms with Crippen LogP contribution in [0.4, 0.5) is 0 Å². The van der Waals surface area contributed by atoms with Crippen molar-refractivity contribution in [3.63, 3.8) is 0 Å². The Morgan fingerprint density at radius 3 is 2.68 bits per heavy atom. The molecular weight excluding hydrogens is 463 g/mol. The quantitative estimate of drug-likeness (QED) is 0.341. The monoisotopic (exact) mass is 496 g/mol. The van der Waals surface area contributed by atoms with Crippen LogP contribution < -0.4 is 10.6 Å². The number of hydrogen-bond acceptors (Lipinski definition) is 3. The number of nitrogens with one attached hydrogen (secondary N) is 2. The highest BCUT2D eigenvalue weighted by molar-refractivity contribution is 14.0. The van der Waals surface area contributed by atoms with Gasteiger partial charge in [-0.1, -0.05) is 50.3 Å². The number of rotatable bonds is 7. The van der Waals surface area contributed by atoms with E-state index in [-0.39, 0.29) is 24.0 Å². The molecule has 154 valence electrons. The molecular formula is C21H33IN6. The third kappa shape index (κ3) is 6.76. The molecule has 1 heterocycles. The number of guanidine groups is 1. The summed E-state index contributed by atoms with van der Waals surface area (Å²) in [6, 6.07) is 10.5. The van der Waals surface area contributed by atoms with Crippen LogP contribution >= 0.6 is 24.0 Å². The van der Waals surface area contributed by atoms with E-state index in [4.69, 9.17) is 0 Å². The maximum Gasteiger partial charge on any atom is 0.191 e. The highest BCUT2D eigenvalue weighted by atomic mass is 127. The van der Waals surface area contributed by atoms with E-state index in [2.05, 4.69) is 32.7 Å². The lowest BCUT2D eigenvalue weighted by Crippen LogP contribution is -2.42. The SMILES string of the molecule is CN=C(NCc1nncn1-c1ccccc1)NC(C)CCC1CCCCC1.I. The number of nitrogens with zero attached hydrogens (tertiary/aromatic N) is 4. The van der Waals surface area contributed by atoms with Gasteiger partial charge in [0.05, 0.1) is 6.54 Å². The molecule has 0 amide bonds. The molecule has 7 heteroatoms. The number of aromatic nitrogens is 3. The fraction of sp³-hybridized carbons (Fsp3) is 0.571. The minimum absolute atomic E-state index is 0. The molecule has 0 radical (unpaired) electrons. The van der Waals surface area contributed by atoms with E-state index in [1.165, 1.54) is 44.9 Å². The molecule has 1 aliphatic carbocycles. The summed E-state index contributed by atoms with van der Waals surface area (Å²) in [4.78, 5) is 4.36. The first-order valence-electron chi connectivity index (χ1n) is 10.2. The van der Waals surface area contributed by atoms with Crippen molar-refractivity contribution in [3.05, 3.63) is 42.5 Å². The number of halogens is 1. The van der Waals surface area contributed by atoms with Gasteiger partial charge in [-0.15, -0.1) is 34.2 Å². The summed E-state index contributed by atoms with van der Waals surface area (Å²) >= 11 is 0. The Morgan fingerprint density at radius 2 is 1.96 bits per heavy atom. The molecule has 1 aromatic heterocycles. The average molecular weight is 496 g/mol. The highest BCUT2D eigenvalue weighted by Gasteiger charge is 2.15. The van der Waals surface area contributed by atoms with Crippen LogP contribution in [0.15, 0.2) is 41.7 Å². The van der Waals surface area contributed by atoms with E-state index in [1.54, 1.807) is 6.33 Å². The van der Waals surface area contributed by atoms with E-state index >= 15 is 0 Å². The van der Waals surface area contributed by atoms with Gasteiger partial charge in [-0.05, 0) is 37.8 Å². The van der Waals surface area contributed by atoms with Crippen LogP contribution in [0.2, 0.25) is 0 Å². The van der Waals surface area contributed by atoms with Crippen LogP contribution in [-0.4, -0.2) is 33.8 Å². The minimum atomic E-state index is 0. The second kappa shape index (κ2) is 12.0. The molecule has 0 aliphatic heterocycles. The van der Waals surface area contributed by atoms with Gasteiger partial charge in [-0.25, -0.2) is 0 Å². The third-order valence-corrected chi connectivity index (χ3v) is 5.41. The van der Waals surface area contributed by atoms with Crippen molar-refractivity contribution in [2.24, 2.45) is 10.9 Å². The Labute approximate surface area is 185 Å². The maximum atomic E-state index is 4.36. The van der Waals surface area contributed by atoms with Gasteiger partial charge in [0.1, 0.15) is 6.33 Å². The smallest absolute Gasteiger partial charge is 0.191 e. The molecule has 1 saturated carbocycles. The van der Waals surface area contributed by atoms with Crippen molar-refractivity contribution in [1.82, 2.24) is 25.4 Å². The molecule has 1 fully saturated rings. The molecule has 1 atom stereocenters. The van der Waals surface area contributed by atoms with Crippen molar-refractivity contribution in [2.75, 3.05) is 7.05 Å². The summed E-state index contributed by atoms with van der Waals surface area (Å²) < 4.78 is 1.99. The molecule has 2 N–H and O–H groups in total. The van der Waals surface area contributed by atoms with Crippen molar-refractivity contribution in [1.29, 1.82) is 0 Å². The standard InChI is InChI=1S/C21H32N6.HI/c1-17(13-14-18-9-5-3-6-10-18)25-21(22-2)23-15-20-26-24-16-27(20)19-11-7-4-8-12-19;/h4,7-8,11-12,16-18H,3,5-6,9-10,13-15H2,1-2H3,(H2,22,23,25);1H. The molecule has 0 bridgehead atoms. The molecule has 28 heavy (non-hydrogen) atoms. The predicted octanol–water partition coefficient (Wildman–Crippen LogP) is 4.30. The fourth-order valence-electron chi connectivity index (χ4n) is 3.81. The van der Waals surface area contributed by atoms with Gasteiger partial charge >= 0.3 is 0 Å². The lowest BCUT2D eigenvalue weighted by atomic mass is 9.85. The lowest BCUT2D eigenvalue weighted by molar-refractivity contribution is 0.322. The van der Waals surface area contributed by atoms with E-state index in [0.717, 1.165) is 23.4 Å². The zero-order valence-corrected chi connectivity index (χ0v) is 19.3. The van der Waals surface area contributed by atoms with E-state index in [0.29, 0.717) is 12.6 Å². The number of benzene rings is 1. The Balaban J connectivity index is 0.00000280. The third-order valence-electron chi connectivity index (χ3n) is 5.41. The van der Waals surface area contributed by atoms with E-state index < -0.39 is 0 Å². The van der Waals surface area contributed by atoms with Gasteiger partial charge in [0.25, 0.3) is 0 Å². The Kier molecular flexibility index (Phi) is 9.73. The zero-order valence-electron chi connectivity index (χ0n) is 17.0. The van der Waals surface area contributed by atoms with Crippen molar-refractivity contribution in [2.45, 2.75) is 64.5 Å². The molecule has 0 spiro atoms. The summed E-state index contributed by atoms with van der Waals surface area (Å²) in [5, 5.41) is 15.2. The Bertz CT molecular complexity index is 709. The first-order chi connectivity index (χ1) is 13.3. The van der Waals surface area contributed by atoms with Crippen LogP contribution in [-0.2, 0) is 6.54 Å². The summed E-state index contributed by atoms with van der Waals surface area (Å²) in [6.07, 6.45) is 11.3. The molecule has 1 unspecified atom stereocenters. The van der Waals surface area contributed by atoms with E-state index in [9.17, 15) is 0 Å². The second-order valence-corrected chi connectivity index (χ2v) is 7.51. The average Bonchev–Trinajstić information content (AvgIpc) is 3.19. The molecule has 6 nitrogen and oxygen atoms in total. The van der Waals surface area contributed by atoms with Crippen LogP contribution in [0.25, 0.3) is 5.69 Å². The van der Waals surface area contributed by atoms with Crippen LogP contribution in [0.3, 0.4) is 0 Å². The summed E-state index contributed by atoms with van der Waals surface area (Å²) in [6.45, 7) is 2.81. The van der Waals surface area contributed by atoms with Gasteiger partial charge in [-0.2, -0.15) is 0 Å². The number of aliphatic imine (C=N–C) groups is 1. The first-order valence-corrected chi connectivity index (χ1v) is 10.2. The van der Waals surface area contributed by atoms with Crippen molar-refractivity contribution >= 4 is 29.9 Å². The second-order valence-electron chi connectivity index (χ2n) is 7.51.